The Balaban J connectivity index is 1.42. The van der Waals surface area contributed by atoms with Gasteiger partial charge in [-0.15, -0.1) is 0 Å². The molecule has 4 rings (SSSR count). The average Bonchev–Trinajstić information content (AvgIpc) is 3.22. The lowest BCUT2D eigenvalue weighted by Gasteiger charge is -2.06. The zero-order valence-electron chi connectivity index (χ0n) is 14.7. The molecular formula is C18H16N6O2S. The number of aromatic nitrogens is 5. The quantitative estimate of drug-likeness (QED) is 0.531. The van der Waals surface area contributed by atoms with Gasteiger partial charge in [-0.25, -0.2) is 19.6 Å². The Morgan fingerprint density at radius 1 is 1.22 bits per heavy atom. The van der Waals surface area contributed by atoms with Gasteiger partial charge in [0.25, 0.3) is 5.22 Å². The Morgan fingerprint density at radius 2 is 2.07 bits per heavy atom. The zero-order valence-corrected chi connectivity index (χ0v) is 15.5. The maximum atomic E-state index is 12.2. The van der Waals surface area contributed by atoms with E-state index in [9.17, 15) is 4.79 Å². The molecule has 1 amide bonds. The normalized spacial score (nSPS) is 11.0. The number of oxazole rings is 1. The smallest absolute Gasteiger partial charge is 0.257 e. The molecule has 0 fully saturated rings. The summed E-state index contributed by atoms with van der Waals surface area (Å²) in [5.41, 5.74) is 3.32. The first kappa shape index (κ1) is 17.2. The number of carbonyl (C=O) groups excluding carboxylic acids is 1. The molecule has 1 aromatic carbocycles. The monoisotopic (exact) mass is 380 g/mol. The molecule has 8 nitrogen and oxygen atoms in total. The van der Waals surface area contributed by atoms with Crippen LogP contribution in [0.5, 0.6) is 0 Å². The maximum Gasteiger partial charge on any atom is 0.257 e. The predicted molar refractivity (Wildman–Crippen MR) is 102 cm³/mol. The van der Waals surface area contributed by atoms with Crippen LogP contribution in [0.25, 0.3) is 16.9 Å². The van der Waals surface area contributed by atoms with Crippen LogP contribution < -0.4 is 5.32 Å². The van der Waals surface area contributed by atoms with Crippen LogP contribution in [-0.2, 0) is 4.79 Å². The zero-order chi connectivity index (χ0) is 18.8. The van der Waals surface area contributed by atoms with Gasteiger partial charge >= 0.3 is 0 Å². The molecule has 0 radical (unpaired) electrons. The third-order valence-electron chi connectivity index (χ3n) is 3.75. The molecule has 0 spiro atoms. The molecule has 9 heteroatoms. The van der Waals surface area contributed by atoms with E-state index < -0.39 is 0 Å². The van der Waals surface area contributed by atoms with E-state index >= 15 is 0 Å². The molecule has 0 bridgehead atoms. The number of thioether (sulfide) groups is 1. The third-order valence-corrected chi connectivity index (χ3v) is 4.58. The molecule has 136 valence electrons. The number of hydrogen-bond donors (Lipinski definition) is 1. The fraction of sp³-hybridized carbons (Fsp3) is 0.167. The van der Waals surface area contributed by atoms with Gasteiger partial charge in [-0.05, 0) is 32.0 Å². The number of benzene rings is 1. The van der Waals surface area contributed by atoms with Gasteiger partial charge in [0.15, 0.2) is 11.4 Å². The van der Waals surface area contributed by atoms with Gasteiger partial charge in [-0.2, -0.15) is 5.10 Å². The van der Waals surface area contributed by atoms with Crippen LogP contribution in [0.1, 0.15) is 11.4 Å². The van der Waals surface area contributed by atoms with E-state index in [0.717, 1.165) is 16.9 Å². The summed E-state index contributed by atoms with van der Waals surface area (Å²) in [6, 6.07) is 11.1. The van der Waals surface area contributed by atoms with Crippen molar-refractivity contribution in [2.24, 2.45) is 0 Å². The lowest BCUT2D eigenvalue weighted by Crippen LogP contribution is -2.15. The van der Waals surface area contributed by atoms with Gasteiger partial charge in [0, 0.05) is 11.8 Å². The van der Waals surface area contributed by atoms with Crippen LogP contribution in [0.2, 0.25) is 0 Å². The maximum absolute atomic E-state index is 12.2. The number of nitrogens with zero attached hydrogens (tertiary/aromatic N) is 5. The van der Waals surface area contributed by atoms with E-state index in [-0.39, 0.29) is 11.7 Å². The highest BCUT2D eigenvalue weighted by Gasteiger charge is 2.11. The second kappa shape index (κ2) is 7.20. The van der Waals surface area contributed by atoms with E-state index in [0.29, 0.717) is 22.4 Å². The Hall–Kier alpha value is -3.20. The lowest BCUT2D eigenvalue weighted by atomic mass is 10.3. The van der Waals surface area contributed by atoms with Gasteiger partial charge in [0.2, 0.25) is 5.91 Å². The van der Waals surface area contributed by atoms with Crippen molar-refractivity contribution in [2.45, 2.75) is 19.1 Å². The number of aryl methyl sites for hydroxylation is 2. The second-order valence-electron chi connectivity index (χ2n) is 5.88. The van der Waals surface area contributed by atoms with E-state index in [1.807, 2.05) is 44.2 Å². The lowest BCUT2D eigenvalue weighted by molar-refractivity contribution is -0.113. The van der Waals surface area contributed by atoms with Crippen molar-refractivity contribution < 1.29 is 9.21 Å². The molecule has 3 heterocycles. The number of para-hydroxylation sites is 2. The summed E-state index contributed by atoms with van der Waals surface area (Å²) in [4.78, 5) is 24.9. The van der Waals surface area contributed by atoms with Gasteiger partial charge in [-0.1, -0.05) is 23.9 Å². The molecule has 0 saturated heterocycles. The van der Waals surface area contributed by atoms with Gasteiger partial charge in [-0.3, -0.25) is 4.79 Å². The van der Waals surface area contributed by atoms with Gasteiger partial charge in [0.1, 0.15) is 17.7 Å². The number of rotatable bonds is 5. The summed E-state index contributed by atoms with van der Waals surface area (Å²) in [7, 11) is 0. The summed E-state index contributed by atoms with van der Waals surface area (Å²) in [6.45, 7) is 3.86. The molecule has 3 aromatic heterocycles. The van der Waals surface area contributed by atoms with Crippen molar-refractivity contribution in [3.63, 3.8) is 0 Å². The topological polar surface area (TPSA) is 98.7 Å². The number of carbonyl (C=O) groups is 1. The van der Waals surface area contributed by atoms with E-state index in [2.05, 4.69) is 25.4 Å². The van der Waals surface area contributed by atoms with Crippen molar-refractivity contribution in [1.29, 1.82) is 0 Å². The standard InChI is InChI=1S/C18H16N6O2S/c1-11-7-12(2)24(23-11)16-8-15(19-10-20-16)22-17(25)9-27-18-21-13-5-3-4-6-14(13)26-18/h3-8,10H,9H2,1-2H3,(H,19,20,22,25). The van der Waals surface area contributed by atoms with Crippen molar-refractivity contribution in [3.8, 4) is 5.82 Å². The molecule has 0 aliphatic rings. The van der Waals surface area contributed by atoms with Crippen molar-refractivity contribution in [2.75, 3.05) is 11.1 Å². The van der Waals surface area contributed by atoms with Crippen LogP contribution >= 0.6 is 11.8 Å². The summed E-state index contributed by atoms with van der Waals surface area (Å²) in [5.74, 6) is 0.958. The van der Waals surface area contributed by atoms with Crippen LogP contribution in [0.4, 0.5) is 5.82 Å². The summed E-state index contributed by atoms with van der Waals surface area (Å²) < 4.78 is 7.30. The summed E-state index contributed by atoms with van der Waals surface area (Å²) in [5, 5.41) is 7.60. The molecule has 4 aromatic rings. The first-order chi connectivity index (χ1) is 13.1. The fourth-order valence-corrected chi connectivity index (χ4v) is 3.25. The molecule has 0 aliphatic heterocycles. The number of nitrogens with one attached hydrogen (secondary N) is 1. The number of amides is 1. The second-order valence-corrected chi connectivity index (χ2v) is 6.81. The van der Waals surface area contributed by atoms with Crippen molar-refractivity contribution in [1.82, 2.24) is 24.7 Å². The first-order valence-corrected chi connectivity index (χ1v) is 9.21. The van der Waals surface area contributed by atoms with E-state index in [1.54, 1.807) is 10.7 Å². The third kappa shape index (κ3) is 3.82. The van der Waals surface area contributed by atoms with Crippen LogP contribution in [0.15, 0.2) is 52.4 Å². The predicted octanol–water partition coefficient (Wildman–Crippen LogP) is 3.15. The highest BCUT2D eigenvalue weighted by molar-refractivity contribution is 7.99. The molecule has 0 saturated carbocycles. The highest BCUT2D eigenvalue weighted by atomic mass is 32.2. The van der Waals surface area contributed by atoms with E-state index in [1.165, 1.54) is 18.1 Å². The summed E-state index contributed by atoms with van der Waals surface area (Å²) in [6.07, 6.45) is 1.40. The minimum absolute atomic E-state index is 0.159. The first-order valence-electron chi connectivity index (χ1n) is 8.22. The SMILES string of the molecule is Cc1cc(C)n(-c2cc(NC(=O)CSc3nc4ccccc4o3)ncn2)n1. The van der Waals surface area contributed by atoms with Crippen LogP contribution in [0.3, 0.4) is 0 Å². The number of fused-ring (bicyclic) bond motifs is 1. The Morgan fingerprint density at radius 3 is 2.85 bits per heavy atom. The highest BCUT2D eigenvalue weighted by Crippen LogP contribution is 2.23. The molecule has 0 aliphatic carbocycles. The van der Waals surface area contributed by atoms with Crippen molar-refractivity contribution in [3.05, 3.63) is 54.1 Å². The molecule has 0 unspecified atom stereocenters. The molecule has 0 atom stereocenters. The molecule has 27 heavy (non-hydrogen) atoms. The van der Waals surface area contributed by atoms with Crippen LogP contribution in [-0.4, -0.2) is 36.4 Å². The van der Waals surface area contributed by atoms with E-state index in [4.69, 9.17) is 4.42 Å². The average molecular weight is 380 g/mol. The largest absolute Gasteiger partial charge is 0.431 e. The minimum atomic E-state index is -0.208. The Labute approximate surface area is 159 Å². The van der Waals surface area contributed by atoms with Gasteiger partial charge in [0.05, 0.1) is 11.4 Å². The van der Waals surface area contributed by atoms with Crippen LogP contribution in [0, 0.1) is 13.8 Å². The molecule has 1 N–H and O–H groups in total. The molecular weight excluding hydrogens is 364 g/mol. The fourth-order valence-electron chi connectivity index (χ4n) is 2.61. The minimum Gasteiger partial charge on any atom is -0.431 e. The Kier molecular flexibility index (Phi) is 4.59. The van der Waals surface area contributed by atoms with Gasteiger partial charge < -0.3 is 9.73 Å². The number of hydrogen-bond acceptors (Lipinski definition) is 7. The number of anilines is 1. The summed E-state index contributed by atoms with van der Waals surface area (Å²) >= 11 is 1.23. The van der Waals surface area contributed by atoms with Crippen molar-refractivity contribution >= 4 is 34.6 Å². The Bertz CT molecular complexity index is 1090.